The SMILES string of the molecule is O=C(O)C1=NN(c2ccccc2)C(=O)/C1=C\c1ccc2c(c1)C1CCCC1N2c1ccccc1. The molecule has 3 aliphatic rings. The Hall–Kier alpha value is -4.19. The zero-order valence-corrected chi connectivity index (χ0v) is 18.5. The Balaban J connectivity index is 1.40. The molecular formula is C28H23N3O3. The van der Waals surface area contributed by atoms with Gasteiger partial charge in [-0.1, -0.05) is 48.9 Å². The summed E-state index contributed by atoms with van der Waals surface area (Å²) in [5.74, 6) is -1.22. The first-order valence-corrected chi connectivity index (χ1v) is 11.5. The smallest absolute Gasteiger partial charge is 0.357 e. The number of amides is 1. The monoisotopic (exact) mass is 449 g/mol. The predicted molar refractivity (Wildman–Crippen MR) is 132 cm³/mol. The molecular weight excluding hydrogens is 426 g/mol. The van der Waals surface area contributed by atoms with E-state index in [0.717, 1.165) is 23.4 Å². The van der Waals surface area contributed by atoms with E-state index < -0.39 is 11.9 Å². The van der Waals surface area contributed by atoms with Crippen molar-refractivity contribution < 1.29 is 14.7 Å². The molecule has 2 atom stereocenters. The summed E-state index contributed by atoms with van der Waals surface area (Å²) in [6.07, 6.45) is 5.12. The van der Waals surface area contributed by atoms with Gasteiger partial charge in [-0.05, 0) is 66.4 Å². The lowest BCUT2D eigenvalue weighted by atomic mass is 9.95. The average molecular weight is 450 g/mol. The van der Waals surface area contributed by atoms with Crippen LogP contribution in [-0.4, -0.2) is 28.7 Å². The first-order chi connectivity index (χ1) is 16.6. The average Bonchev–Trinajstić information content (AvgIpc) is 3.54. The zero-order chi connectivity index (χ0) is 23.2. The van der Waals surface area contributed by atoms with Crippen LogP contribution in [0.25, 0.3) is 6.08 Å². The minimum Gasteiger partial charge on any atom is -0.476 e. The number of carboxylic acid groups (broad SMARTS) is 1. The van der Waals surface area contributed by atoms with E-state index >= 15 is 0 Å². The van der Waals surface area contributed by atoms with Crippen molar-refractivity contribution >= 4 is 40.7 Å². The Labute approximate surface area is 197 Å². The maximum atomic E-state index is 13.2. The van der Waals surface area contributed by atoms with Crippen molar-refractivity contribution in [2.45, 2.75) is 31.2 Å². The van der Waals surface area contributed by atoms with Crippen molar-refractivity contribution in [3.8, 4) is 0 Å². The summed E-state index contributed by atoms with van der Waals surface area (Å²) >= 11 is 0. The molecule has 1 saturated carbocycles. The summed E-state index contributed by atoms with van der Waals surface area (Å²) in [5, 5.41) is 15.0. The van der Waals surface area contributed by atoms with Crippen LogP contribution >= 0.6 is 0 Å². The Kier molecular flexibility index (Phi) is 4.80. The van der Waals surface area contributed by atoms with Crippen LogP contribution in [0.15, 0.2) is 89.5 Å². The molecule has 6 heteroatoms. The molecule has 3 aromatic carbocycles. The van der Waals surface area contributed by atoms with Crippen LogP contribution in [0.1, 0.15) is 36.3 Å². The lowest BCUT2D eigenvalue weighted by molar-refractivity contribution is -0.129. The Morgan fingerprint density at radius 2 is 1.65 bits per heavy atom. The molecule has 168 valence electrons. The van der Waals surface area contributed by atoms with Crippen molar-refractivity contribution in [3.63, 3.8) is 0 Å². The molecule has 2 heterocycles. The molecule has 0 spiro atoms. The standard InChI is InChI=1S/C28H23N3O3/c32-27-23(26(28(33)34)29-31(27)20-10-5-2-6-11-20)17-18-14-15-25-22(16-18)21-12-7-13-24(21)30(25)19-8-3-1-4-9-19/h1-6,8-11,14-17,21,24H,7,12-13H2,(H,33,34)/b23-17-. The molecule has 6 rings (SSSR count). The maximum absolute atomic E-state index is 13.2. The largest absolute Gasteiger partial charge is 0.476 e. The van der Waals surface area contributed by atoms with Gasteiger partial charge in [-0.3, -0.25) is 4.79 Å². The molecule has 0 radical (unpaired) electrons. The van der Waals surface area contributed by atoms with Gasteiger partial charge < -0.3 is 10.0 Å². The number of para-hydroxylation sites is 2. The van der Waals surface area contributed by atoms with E-state index in [4.69, 9.17) is 0 Å². The summed E-state index contributed by atoms with van der Waals surface area (Å²) in [7, 11) is 0. The number of carbonyl (C=O) groups excluding carboxylic acids is 1. The van der Waals surface area contributed by atoms with Crippen LogP contribution in [0.4, 0.5) is 17.1 Å². The highest BCUT2D eigenvalue weighted by atomic mass is 16.4. The molecule has 3 aromatic rings. The highest BCUT2D eigenvalue weighted by Crippen LogP contribution is 2.52. The molecule has 1 amide bonds. The van der Waals surface area contributed by atoms with Crippen LogP contribution < -0.4 is 9.91 Å². The molecule has 1 aliphatic carbocycles. The number of fused-ring (bicyclic) bond motifs is 3. The van der Waals surface area contributed by atoms with Gasteiger partial charge in [0.25, 0.3) is 5.91 Å². The van der Waals surface area contributed by atoms with Crippen LogP contribution in [0, 0.1) is 0 Å². The van der Waals surface area contributed by atoms with Crippen LogP contribution in [-0.2, 0) is 9.59 Å². The highest BCUT2D eigenvalue weighted by Gasteiger charge is 2.42. The number of nitrogens with zero attached hydrogens (tertiary/aromatic N) is 3. The van der Waals surface area contributed by atoms with Crippen LogP contribution in [0.5, 0.6) is 0 Å². The quantitative estimate of drug-likeness (QED) is 0.546. The number of carbonyl (C=O) groups is 2. The Bertz CT molecular complexity index is 1350. The van der Waals surface area contributed by atoms with Crippen molar-refractivity contribution in [3.05, 3.63) is 95.6 Å². The van der Waals surface area contributed by atoms with Crippen molar-refractivity contribution in [1.82, 2.24) is 0 Å². The number of rotatable bonds is 4. The van der Waals surface area contributed by atoms with Crippen LogP contribution in [0.2, 0.25) is 0 Å². The van der Waals surface area contributed by atoms with Gasteiger partial charge in [0.05, 0.1) is 11.3 Å². The molecule has 1 N–H and O–H groups in total. The van der Waals surface area contributed by atoms with Gasteiger partial charge in [0.2, 0.25) is 0 Å². The third-order valence-electron chi connectivity index (χ3n) is 6.95. The zero-order valence-electron chi connectivity index (χ0n) is 18.5. The summed E-state index contributed by atoms with van der Waals surface area (Å²) < 4.78 is 0. The molecule has 0 aromatic heterocycles. The van der Waals surface area contributed by atoms with Gasteiger partial charge in [0.15, 0.2) is 5.71 Å². The fraction of sp³-hybridized carbons (Fsp3) is 0.179. The summed E-state index contributed by atoms with van der Waals surface area (Å²) in [5.41, 5.74) is 4.85. The van der Waals surface area contributed by atoms with E-state index in [-0.39, 0.29) is 11.3 Å². The predicted octanol–water partition coefficient (Wildman–Crippen LogP) is 5.35. The summed E-state index contributed by atoms with van der Waals surface area (Å²) in [6, 6.07) is 25.9. The van der Waals surface area contributed by atoms with Crippen molar-refractivity contribution in [1.29, 1.82) is 0 Å². The normalized spacial score (nSPS) is 22.2. The number of benzene rings is 3. The van der Waals surface area contributed by atoms with Gasteiger partial charge in [0, 0.05) is 23.3 Å². The molecule has 0 saturated heterocycles. The van der Waals surface area contributed by atoms with E-state index in [1.165, 1.54) is 23.4 Å². The third kappa shape index (κ3) is 3.22. The fourth-order valence-corrected chi connectivity index (χ4v) is 5.50. The molecule has 2 unspecified atom stereocenters. The summed E-state index contributed by atoms with van der Waals surface area (Å²) in [4.78, 5) is 27.5. The van der Waals surface area contributed by atoms with Gasteiger partial charge in [0.1, 0.15) is 0 Å². The van der Waals surface area contributed by atoms with Crippen molar-refractivity contribution in [2.75, 3.05) is 9.91 Å². The molecule has 34 heavy (non-hydrogen) atoms. The summed E-state index contributed by atoms with van der Waals surface area (Å²) in [6.45, 7) is 0. The second-order valence-electron chi connectivity index (χ2n) is 8.89. The fourth-order valence-electron chi connectivity index (χ4n) is 5.50. The second kappa shape index (κ2) is 7.99. The molecule has 6 nitrogen and oxygen atoms in total. The highest BCUT2D eigenvalue weighted by molar-refractivity contribution is 6.53. The topological polar surface area (TPSA) is 73.2 Å². The molecule has 1 fully saturated rings. The van der Waals surface area contributed by atoms with Crippen molar-refractivity contribution in [2.24, 2.45) is 5.10 Å². The number of hydrazone groups is 1. The number of anilines is 3. The number of hydrogen-bond donors (Lipinski definition) is 1. The Morgan fingerprint density at radius 1 is 0.941 bits per heavy atom. The second-order valence-corrected chi connectivity index (χ2v) is 8.89. The van der Waals surface area contributed by atoms with Gasteiger partial charge in [-0.25, -0.2) is 4.79 Å². The van der Waals surface area contributed by atoms with E-state index in [1.54, 1.807) is 30.3 Å². The first-order valence-electron chi connectivity index (χ1n) is 11.5. The first kappa shape index (κ1) is 20.4. The number of aliphatic carboxylic acids is 1. The minimum atomic E-state index is -1.22. The van der Waals surface area contributed by atoms with E-state index in [2.05, 4.69) is 46.4 Å². The van der Waals surface area contributed by atoms with Gasteiger partial charge in [-0.2, -0.15) is 10.1 Å². The Morgan fingerprint density at radius 3 is 2.35 bits per heavy atom. The lowest BCUT2D eigenvalue weighted by Gasteiger charge is -2.27. The number of carboxylic acids is 1. The van der Waals surface area contributed by atoms with E-state index in [1.807, 2.05) is 18.2 Å². The van der Waals surface area contributed by atoms with Crippen LogP contribution in [0.3, 0.4) is 0 Å². The third-order valence-corrected chi connectivity index (χ3v) is 6.95. The molecule has 0 bridgehead atoms. The maximum Gasteiger partial charge on any atom is 0.357 e. The number of hydrogen-bond acceptors (Lipinski definition) is 4. The van der Waals surface area contributed by atoms with E-state index in [0.29, 0.717) is 17.6 Å². The van der Waals surface area contributed by atoms with Gasteiger partial charge >= 0.3 is 5.97 Å². The van der Waals surface area contributed by atoms with Gasteiger partial charge in [-0.15, -0.1) is 0 Å². The van der Waals surface area contributed by atoms with E-state index in [9.17, 15) is 14.7 Å². The molecule has 2 aliphatic heterocycles. The minimum absolute atomic E-state index is 0.0946. The lowest BCUT2D eigenvalue weighted by Crippen LogP contribution is -2.26.